The highest BCUT2D eigenvalue weighted by molar-refractivity contribution is 6.08. The van der Waals surface area contributed by atoms with Gasteiger partial charge in [-0.15, -0.1) is 0 Å². The van der Waals surface area contributed by atoms with Crippen LogP contribution in [0.2, 0.25) is 0 Å². The van der Waals surface area contributed by atoms with Gasteiger partial charge in [-0.1, -0.05) is 25.2 Å². The molecule has 0 aliphatic rings. The van der Waals surface area contributed by atoms with Crippen LogP contribution in [0.4, 0.5) is 5.69 Å². The summed E-state index contributed by atoms with van der Waals surface area (Å²) in [4.78, 5) is 11.6. The molecular weight excluding hydrogens is 213 g/mol. The van der Waals surface area contributed by atoms with Crippen molar-refractivity contribution in [1.29, 1.82) is 0 Å². The lowest BCUT2D eigenvalue weighted by Gasteiger charge is -2.09. The average molecular weight is 233 g/mol. The Labute approximate surface area is 104 Å². The Kier molecular flexibility index (Phi) is 5.60. The predicted molar refractivity (Wildman–Crippen MR) is 73.4 cm³/mol. The maximum Gasteiger partial charge on any atom is 0.224 e. The molecule has 1 aromatic rings. The predicted octanol–water partition coefficient (Wildman–Crippen LogP) is 1.96. The summed E-state index contributed by atoms with van der Waals surface area (Å²) < 4.78 is 5.21. The first kappa shape index (κ1) is 13.6. The van der Waals surface area contributed by atoms with E-state index in [1.165, 1.54) is 0 Å². The van der Waals surface area contributed by atoms with Crippen molar-refractivity contribution in [2.24, 2.45) is 0 Å². The van der Waals surface area contributed by atoms with Crippen molar-refractivity contribution in [3.8, 4) is 5.75 Å². The second kappa shape index (κ2) is 6.99. The number of carbonyl (C=O) groups is 1. The lowest BCUT2D eigenvalue weighted by atomic mass is 9.96. The number of methoxy groups -OCH3 is 1. The summed E-state index contributed by atoms with van der Waals surface area (Å²) in [7, 11) is 3.72. The van der Waals surface area contributed by atoms with Crippen molar-refractivity contribution in [3.63, 3.8) is 0 Å². The molecule has 0 aliphatic heterocycles. The molecule has 0 atom stereocenters. The number of unbranched alkanes of at least 4 members (excludes halogenated alkanes) is 1. The van der Waals surface area contributed by atoms with E-state index in [0.717, 1.165) is 36.2 Å². The molecule has 3 nitrogen and oxygen atoms in total. The van der Waals surface area contributed by atoms with Crippen LogP contribution in [0.3, 0.4) is 0 Å². The second-order valence-electron chi connectivity index (χ2n) is 4.08. The third-order valence-corrected chi connectivity index (χ3v) is 2.65. The zero-order valence-electron chi connectivity index (χ0n) is 10.9. The molecule has 0 spiro atoms. The van der Waals surface area contributed by atoms with Crippen LogP contribution in [-0.2, 0) is 11.1 Å². The van der Waals surface area contributed by atoms with Crippen LogP contribution in [0.25, 0.3) is 0 Å². The molecule has 0 saturated heterocycles. The summed E-state index contributed by atoms with van der Waals surface area (Å²) >= 11 is 0. The number of ether oxygens (including phenoxy) is 1. The Bertz CT molecular complexity index is 357. The number of amides is 1. The van der Waals surface area contributed by atoms with Crippen LogP contribution >= 0.6 is 0 Å². The monoisotopic (exact) mass is 233 g/mol. The fourth-order valence-corrected chi connectivity index (χ4v) is 1.62. The number of anilines is 1. The van der Waals surface area contributed by atoms with Gasteiger partial charge in [0.15, 0.2) is 0 Å². The van der Waals surface area contributed by atoms with Crippen LogP contribution in [0.5, 0.6) is 5.75 Å². The molecule has 0 aromatic heterocycles. The second-order valence-corrected chi connectivity index (χ2v) is 4.08. The minimum Gasteiger partial charge on any atom is -0.497 e. The number of hydrogen-bond acceptors (Lipinski definition) is 2. The third kappa shape index (κ3) is 4.51. The van der Waals surface area contributed by atoms with Crippen LogP contribution in [0.15, 0.2) is 18.2 Å². The number of carbonyl (C=O) groups excluding carboxylic acids is 1. The van der Waals surface area contributed by atoms with Crippen molar-refractivity contribution in [1.82, 2.24) is 0 Å². The molecular formula is C13H20BNO2. The number of nitrogens with one attached hydrogen (secondary N) is 1. The molecule has 1 aromatic carbocycles. The van der Waals surface area contributed by atoms with Crippen molar-refractivity contribution in [2.75, 3.05) is 12.4 Å². The smallest absolute Gasteiger partial charge is 0.224 e. The number of rotatable bonds is 6. The highest BCUT2D eigenvalue weighted by atomic mass is 16.5. The quantitative estimate of drug-likeness (QED) is 0.762. The van der Waals surface area contributed by atoms with E-state index in [2.05, 4.69) is 20.1 Å². The molecule has 0 fully saturated rings. The van der Waals surface area contributed by atoms with E-state index in [-0.39, 0.29) is 5.91 Å². The van der Waals surface area contributed by atoms with Crippen LogP contribution in [-0.4, -0.2) is 20.9 Å². The molecule has 1 rings (SSSR count). The maximum atomic E-state index is 11.6. The summed E-state index contributed by atoms with van der Waals surface area (Å²) in [5.74, 6) is 0.859. The fraction of sp³-hybridized carbons (Fsp3) is 0.462. The molecule has 17 heavy (non-hydrogen) atoms. The molecule has 0 heterocycles. The van der Waals surface area contributed by atoms with Gasteiger partial charge in [0.05, 0.1) is 7.11 Å². The Morgan fingerprint density at radius 2 is 2.18 bits per heavy atom. The first-order valence-electron chi connectivity index (χ1n) is 6.17. The van der Waals surface area contributed by atoms with E-state index < -0.39 is 0 Å². The first-order valence-corrected chi connectivity index (χ1v) is 6.17. The molecule has 0 saturated carbocycles. The maximum absolute atomic E-state index is 11.6. The highest BCUT2D eigenvalue weighted by Crippen LogP contribution is 2.21. The molecule has 0 aliphatic carbocycles. The Hall–Kier alpha value is -1.45. The Morgan fingerprint density at radius 1 is 1.41 bits per heavy atom. The van der Waals surface area contributed by atoms with Gasteiger partial charge in [0.2, 0.25) is 5.91 Å². The number of hydrogen-bond donors (Lipinski definition) is 1. The Morgan fingerprint density at radius 3 is 2.76 bits per heavy atom. The largest absolute Gasteiger partial charge is 0.497 e. The standard InChI is InChI=1S/C13H20BNO2/c1-3-4-5-13(16)15-11-6-10(9-14)7-12(8-11)17-2/h6-8H,3-5,9,14H2,1-2H3,(H,15,16). The molecule has 0 bridgehead atoms. The summed E-state index contributed by atoms with van der Waals surface area (Å²) in [5.41, 5.74) is 1.98. The van der Waals surface area contributed by atoms with Crippen molar-refractivity contribution >= 4 is 19.4 Å². The highest BCUT2D eigenvalue weighted by Gasteiger charge is 2.04. The van der Waals surface area contributed by atoms with Gasteiger partial charge in [-0.2, -0.15) is 0 Å². The third-order valence-electron chi connectivity index (χ3n) is 2.65. The Balaban J connectivity index is 2.72. The summed E-state index contributed by atoms with van der Waals surface area (Å²) in [6.45, 7) is 2.08. The molecule has 1 N–H and O–H groups in total. The van der Waals surface area contributed by atoms with Gasteiger partial charge >= 0.3 is 0 Å². The summed E-state index contributed by atoms with van der Waals surface area (Å²) in [5, 5.41) is 2.91. The van der Waals surface area contributed by atoms with Crippen LogP contribution < -0.4 is 10.1 Å². The lowest BCUT2D eigenvalue weighted by molar-refractivity contribution is -0.116. The molecule has 1 amide bonds. The zero-order valence-corrected chi connectivity index (χ0v) is 10.9. The fourth-order valence-electron chi connectivity index (χ4n) is 1.62. The van der Waals surface area contributed by atoms with Crippen LogP contribution in [0.1, 0.15) is 31.7 Å². The first-order chi connectivity index (χ1) is 8.19. The molecule has 0 radical (unpaired) electrons. The van der Waals surface area contributed by atoms with E-state index in [1.807, 2.05) is 18.2 Å². The van der Waals surface area contributed by atoms with E-state index >= 15 is 0 Å². The summed E-state index contributed by atoms with van der Waals surface area (Å²) in [6, 6.07) is 5.83. The van der Waals surface area contributed by atoms with Crippen LogP contribution in [0, 0.1) is 0 Å². The van der Waals surface area contributed by atoms with Gasteiger partial charge in [0.1, 0.15) is 13.6 Å². The van der Waals surface area contributed by atoms with Crippen molar-refractivity contribution in [2.45, 2.75) is 32.5 Å². The normalized spacial score (nSPS) is 10.0. The molecule has 0 unspecified atom stereocenters. The zero-order chi connectivity index (χ0) is 12.7. The van der Waals surface area contributed by atoms with E-state index in [1.54, 1.807) is 7.11 Å². The van der Waals surface area contributed by atoms with E-state index in [0.29, 0.717) is 6.42 Å². The van der Waals surface area contributed by atoms with Gasteiger partial charge in [-0.05, 0) is 18.6 Å². The van der Waals surface area contributed by atoms with Gasteiger partial charge in [-0.3, -0.25) is 4.79 Å². The number of benzene rings is 1. The van der Waals surface area contributed by atoms with Crippen molar-refractivity contribution in [3.05, 3.63) is 23.8 Å². The average Bonchev–Trinajstić information content (AvgIpc) is 2.35. The molecule has 4 heteroatoms. The van der Waals surface area contributed by atoms with Gasteiger partial charge in [0.25, 0.3) is 0 Å². The minimum absolute atomic E-state index is 0.0714. The SMILES string of the molecule is BCc1cc(NC(=O)CCCC)cc(OC)c1. The molecule has 92 valence electrons. The van der Waals surface area contributed by atoms with Gasteiger partial charge in [-0.25, -0.2) is 0 Å². The van der Waals surface area contributed by atoms with Gasteiger partial charge < -0.3 is 10.1 Å². The lowest BCUT2D eigenvalue weighted by Crippen LogP contribution is -2.11. The summed E-state index contributed by atoms with van der Waals surface area (Å²) in [6.07, 6.45) is 3.46. The van der Waals surface area contributed by atoms with Gasteiger partial charge in [0, 0.05) is 18.2 Å². The van der Waals surface area contributed by atoms with E-state index in [9.17, 15) is 4.79 Å². The topological polar surface area (TPSA) is 38.3 Å². The minimum atomic E-state index is 0.0714. The van der Waals surface area contributed by atoms with E-state index in [4.69, 9.17) is 4.74 Å². The van der Waals surface area contributed by atoms with Crippen molar-refractivity contribution < 1.29 is 9.53 Å².